The lowest BCUT2D eigenvalue weighted by Gasteiger charge is -2.03. The monoisotopic (exact) mass is 114 g/mol. The highest BCUT2D eigenvalue weighted by Gasteiger charge is 2.10. The van der Waals surface area contributed by atoms with Crippen molar-refractivity contribution in [3.8, 4) is 0 Å². The van der Waals surface area contributed by atoms with E-state index in [0.29, 0.717) is 0 Å². The summed E-state index contributed by atoms with van der Waals surface area (Å²) in [6.45, 7) is 2.13. The van der Waals surface area contributed by atoms with Crippen LogP contribution < -0.4 is 10.9 Å². The first-order valence-corrected chi connectivity index (χ1v) is 2.65. The lowest BCUT2D eigenvalue weighted by molar-refractivity contribution is 0.323. The molecule has 0 aromatic rings. The highest BCUT2D eigenvalue weighted by Crippen LogP contribution is 2.01. The van der Waals surface area contributed by atoms with Crippen LogP contribution in [0.25, 0.3) is 0 Å². The Kier molecular flexibility index (Phi) is 1.50. The third kappa shape index (κ3) is 0.827. The van der Waals surface area contributed by atoms with Crippen LogP contribution in [0.5, 0.6) is 0 Å². The first-order valence-electron chi connectivity index (χ1n) is 2.65. The maximum Gasteiger partial charge on any atom is 0.0674 e. The normalized spacial score (nSPS) is 27.2. The molecule has 1 rings (SSSR count). The van der Waals surface area contributed by atoms with Gasteiger partial charge in [-0.15, -0.1) is 0 Å². The molecule has 0 saturated carbocycles. The lowest BCUT2D eigenvalue weighted by atomic mass is 10.2. The van der Waals surface area contributed by atoms with Crippen LogP contribution in [0.1, 0.15) is 6.92 Å². The van der Waals surface area contributed by atoms with Crippen molar-refractivity contribution in [3.63, 3.8) is 0 Å². The van der Waals surface area contributed by atoms with E-state index >= 15 is 0 Å². The van der Waals surface area contributed by atoms with E-state index in [0.717, 1.165) is 5.57 Å². The molecule has 1 atom stereocenters. The summed E-state index contributed by atoms with van der Waals surface area (Å²) in [5.74, 6) is 0. The Morgan fingerprint density at radius 3 is 2.88 bits per heavy atom. The largest absolute Gasteiger partial charge is 0.392 e. The molecule has 0 fully saturated rings. The molecule has 3 heteroatoms. The molecular weight excluding hydrogens is 104 g/mol. The predicted molar refractivity (Wildman–Crippen MR) is 30.9 cm³/mol. The zero-order chi connectivity index (χ0) is 5.98. The van der Waals surface area contributed by atoms with Crippen molar-refractivity contribution in [2.45, 2.75) is 13.0 Å². The van der Waals surface area contributed by atoms with Crippen LogP contribution in [-0.4, -0.2) is 17.8 Å². The van der Waals surface area contributed by atoms with E-state index in [2.05, 4.69) is 10.9 Å². The average molecular weight is 114 g/mol. The minimum absolute atomic E-state index is 0.140. The van der Waals surface area contributed by atoms with Gasteiger partial charge in [-0.1, -0.05) is 0 Å². The number of aliphatic hydroxyl groups excluding tert-OH is 1. The molecule has 0 radical (unpaired) electrons. The summed E-state index contributed by atoms with van der Waals surface area (Å²) >= 11 is 0. The van der Waals surface area contributed by atoms with E-state index in [4.69, 9.17) is 5.11 Å². The highest BCUT2D eigenvalue weighted by molar-refractivity contribution is 5.12. The molecule has 3 N–H and O–H groups in total. The molecule has 3 nitrogen and oxygen atoms in total. The standard InChI is InChI=1S/C5H10N2O/c1-4-5(3-8)2-6-7-4/h2,4,6-8H,3H2,1H3. The van der Waals surface area contributed by atoms with Gasteiger partial charge in [0.1, 0.15) is 0 Å². The molecule has 0 aromatic heterocycles. The van der Waals surface area contributed by atoms with Crippen molar-refractivity contribution < 1.29 is 5.11 Å². The van der Waals surface area contributed by atoms with Crippen LogP contribution in [0, 0.1) is 0 Å². The molecule has 0 aromatic carbocycles. The van der Waals surface area contributed by atoms with E-state index in [1.165, 1.54) is 0 Å². The maximum atomic E-state index is 8.59. The fraction of sp³-hybridized carbons (Fsp3) is 0.600. The van der Waals surface area contributed by atoms with Crippen molar-refractivity contribution in [1.29, 1.82) is 0 Å². The molecule has 1 heterocycles. The average Bonchev–Trinajstić information content (AvgIpc) is 2.14. The van der Waals surface area contributed by atoms with E-state index in [1.807, 2.05) is 6.92 Å². The van der Waals surface area contributed by atoms with Gasteiger partial charge in [0.2, 0.25) is 0 Å². The van der Waals surface area contributed by atoms with Crippen molar-refractivity contribution in [2.24, 2.45) is 0 Å². The number of aliphatic hydroxyl groups is 1. The third-order valence-electron chi connectivity index (χ3n) is 1.30. The van der Waals surface area contributed by atoms with Crippen molar-refractivity contribution >= 4 is 0 Å². The fourth-order valence-corrected chi connectivity index (χ4v) is 0.660. The molecular formula is C5H10N2O. The zero-order valence-corrected chi connectivity index (χ0v) is 4.81. The summed E-state index contributed by atoms with van der Waals surface area (Å²) in [7, 11) is 0. The first kappa shape index (κ1) is 5.59. The van der Waals surface area contributed by atoms with Crippen LogP contribution in [0.3, 0.4) is 0 Å². The maximum absolute atomic E-state index is 8.59. The number of rotatable bonds is 1. The Labute approximate surface area is 48.4 Å². The smallest absolute Gasteiger partial charge is 0.0674 e. The lowest BCUT2D eigenvalue weighted by Crippen LogP contribution is -2.29. The second-order valence-corrected chi connectivity index (χ2v) is 1.89. The van der Waals surface area contributed by atoms with Gasteiger partial charge in [-0.05, 0) is 12.5 Å². The molecule has 0 bridgehead atoms. The third-order valence-corrected chi connectivity index (χ3v) is 1.30. The summed E-state index contributed by atoms with van der Waals surface area (Å²) in [5.41, 5.74) is 6.72. The van der Waals surface area contributed by atoms with Gasteiger partial charge in [0.15, 0.2) is 0 Å². The number of hydrazine groups is 1. The van der Waals surface area contributed by atoms with Gasteiger partial charge in [0, 0.05) is 12.2 Å². The van der Waals surface area contributed by atoms with Crippen molar-refractivity contribution in [1.82, 2.24) is 10.9 Å². The summed E-state index contributed by atoms with van der Waals surface area (Å²) in [5, 5.41) is 8.59. The van der Waals surface area contributed by atoms with Gasteiger partial charge in [0.25, 0.3) is 0 Å². The summed E-state index contributed by atoms with van der Waals surface area (Å²) < 4.78 is 0. The van der Waals surface area contributed by atoms with Gasteiger partial charge in [-0.2, -0.15) is 0 Å². The number of hydrogen-bond acceptors (Lipinski definition) is 3. The summed E-state index contributed by atoms with van der Waals surface area (Å²) in [6.07, 6.45) is 1.78. The second kappa shape index (κ2) is 2.15. The molecule has 0 saturated heterocycles. The van der Waals surface area contributed by atoms with E-state index in [-0.39, 0.29) is 12.6 Å². The number of hydrogen-bond donors (Lipinski definition) is 3. The molecule has 1 aliphatic heterocycles. The molecule has 0 aliphatic carbocycles. The Morgan fingerprint density at radius 2 is 2.62 bits per heavy atom. The summed E-state index contributed by atoms with van der Waals surface area (Å²) in [4.78, 5) is 0. The Morgan fingerprint density at radius 1 is 1.88 bits per heavy atom. The van der Waals surface area contributed by atoms with Crippen LogP contribution >= 0.6 is 0 Å². The van der Waals surface area contributed by atoms with Crippen LogP contribution in [-0.2, 0) is 0 Å². The Hall–Kier alpha value is -0.540. The molecule has 0 spiro atoms. The van der Waals surface area contributed by atoms with Gasteiger partial charge in [0.05, 0.1) is 6.61 Å². The van der Waals surface area contributed by atoms with E-state index < -0.39 is 0 Å². The minimum Gasteiger partial charge on any atom is -0.392 e. The number of nitrogens with one attached hydrogen (secondary N) is 2. The van der Waals surface area contributed by atoms with Gasteiger partial charge in [-0.25, -0.2) is 5.43 Å². The van der Waals surface area contributed by atoms with E-state index in [1.54, 1.807) is 6.20 Å². The molecule has 8 heavy (non-hydrogen) atoms. The van der Waals surface area contributed by atoms with Crippen LogP contribution in [0.2, 0.25) is 0 Å². The minimum atomic E-state index is 0.140. The van der Waals surface area contributed by atoms with Crippen molar-refractivity contribution in [3.05, 3.63) is 11.8 Å². The molecule has 1 aliphatic rings. The summed E-state index contributed by atoms with van der Waals surface area (Å²) in [6, 6.07) is 0.278. The van der Waals surface area contributed by atoms with Crippen LogP contribution in [0.4, 0.5) is 0 Å². The molecule has 0 amide bonds. The Balaban J connectivity index is 2.49. The van der Waals surface area contributed by atoms with E-state index in [9.17, 15) is 0 Å². The zero-order valence-electron chi connectivity index (χ0n) is 4.81. The van der Waals surface area contributed by atoms with Crippen LogP contribution in [0.15, 0.2) is 11.8 Å². The first-order chi connectivity index (χ1) is 3.84. The Bertz CT molecular complexity index is 111. The van der Waals surface area contributed by atoms with Gasteiger partial charge < -0.3 is 10.5 Å². The fourth-order valence-electron chi connectivity index (χ4n) is 0.660. The SMILES string of the molecule is CC1NNC=C1CO. The van der Waals surface area contributed by atoms with Crippen molar-refractivity contribution in [2.75, 3.05) is 6.61 Å². The predicted octanol–water partition coefficient (Wildman–Crippen LogP) is -0.641. The second-order valence-electron chi connectivity index (χ2n) is 1.89. The molecule has 46 valence electrons. The topological polar surface area (TPSA) is 44.3 Å². The highest BCUT2D eigenvalue weighted by atomic mass is 16.3. The van der Waals surface area contributed by atoms with Gasteiger partial charge in [-0.3, -0.25) is 0 Å². The molecule has 1 unspecified atom stereocenters. The quantitative estimate of drug-likeness (QED) is 0.425. The van der Waals surface area contributed by atoms with Gasteiger partial charge >= 0.3 is 0 Å².